The van der Waals surface area contributed by atoms with Crippen LogP contribution in [-0.4, -0.2) is 17.9 Å². The van der Waals surface area contributed by atoms with Gasteiger partial charge in [-0.05, 0) is 13.3 Å². The fourth-order valence-electron chi connectivity index (χ4n) is 0.599. The standard InChI is InChI=1S/C7H13BrO2/c1-3-6(5-8)7(9)10-4-2/h6H,3-5H2,1-2H3. The fourth-order valence-corrected chi connectivity index (χ4v) is 1.32. The van der Waals surface area contributed by atoms with Crippen molar-refractivity contribution in [3.05, 3.63) is 0 Å². The molecule has 0 aromatic carbocycles. The maximum atomic E-state index is 11.0. The quantitative estimate of drug-likeness (QED) is 0.522. The van der Waals surface area contributed by atoms with Crippen LogP contribution < -0.4 is 0 Å². The van der Waals surface area contributed by atoms with Crippen LogP contribution in [0, 0.1) is 5.92 Å². The van der Waals surface area contributed by atoms with E-state index in [9.17, 15) is 4.79 Å². The first-order valence-electron chi connectivity index (χ1n) is 3.48. The molecule has 0 aliphatic heterocycles. The van der Waals surface area contributed by atoms with Gasteiger partial charge in [0.15, 0.2) is 0 Å². The highest BCUT2D eigenvalue weighted by Gasteiger charge is 2.14. The van der Waals surface area contributed by atoms with Crippen molar-refractivity contribution in [1.82, 2.24) is 0 Å². The highest BCUT2D eigenvalue weighted by Crippen LogP contribution is 2.07. The molecule has 10 heavy (non-hydrogen) atoms. The second kappa shape index (κ2) is 5.71. The number of carbonyl (C=O) groups is 1. The van der Waals surface area contributed by atoms with E-state index < -0.39 is 0 Å². The molecule has 60 valence electrons. The average molecular weight is 209 g/mol. The molecule has 0 saturated carbocycles. The Labute approximate surface area is 70.1 Å². The smallest absolute Gasteiger partial charge is 0.309 e. The Morgan fingerprint density at radius 1 is 1.60 bits per heavy atom. The Bertz CT molecular complexity index is 99.8. The third kappa shape index (κ3) is 3.20. The molecule has 0 spiro atoms. The summed E-state index contributed by atoms with van der Waals surface area (Å²) in [6, 6.07) is 0. The SMILES string of the molecule is CCOC(=O)C(CC)CBr. The van der Waals surface area contributed by atoms with E-state index in [4.69, 9.17) is 4.74 Å². The normalized spacial score (nSPS) is 12.7. The van der Waals surface area contributed by atoms with Crippen molar-refractivity contribution in [2.75, 3.05) is 11.9 Å². The van der Waals surface area contributed by atoms with Gasteiger partial charge in [-0.2, -0.15) is 0 Å². The summed E-state index contributed by atoms with van der Waals surface area (Å²) in [5.41, 5.74) is 0. The number of esters is 1. The van der Waals surface area contributed by atoms with Gasteiger partial charge in [-0.1, -0.05) is 22.9 Å². The van der Waals surface area contributed by atoms with E-state index in [-0.39, 0.29) is 11.9 Å². The third-order valence-corrected chi connectivity index (χ3v) is 2.08. The molecule has 0 fully saturated rings. The molecule has 0 bridgehead atoms. The largest absolute Gasteiger partial charge is 0.466 e. The Hall–Kier alpha value is -0.0500. The molecule has 0 saturated heterocycles. The van der Waals surface area contributed by atoms with Crippen molar-refractivity contribution < 1.29 is 9.53 Å². The maximum absolute atomic E-state index is 11.0. The van der Waals surface area contributed by atoms with Gasteiger partial charge in [-0.25, -0.2) is 0 Å². The summed E-state index contributed by atoms with van der Waals surface area (Å²) in [6.07, 6.45) is 0.837. The van der Waals surface area contributed by atoms with Crippen LogP contribution in [0.4, 0.5) is 0 Å². The molecule has 0 heterocycles. The van der Waals surface area contributed by atoms with E-state index in [1.807, 2.05) is 13.8 Å². The maximum Gasteiger partial charge on any atom is 0.309 e. The number of ether oxygens (including phenoxy) is 1. The molecule has 0 amide bonds. The highest BCUT2D eigenvalue weighted by atomic mass is 79.9. The van der Waals surface area contributed by atoms with Crippen LogP contribution >= 0.6 is 15.9 Å². The summed E-state index contributed by atoms with van der Waals surface area (Å²) in [5, 5.41) is 0.697. The van der Waals surface area contributed by atoms with Crippen LogP contribution in [0.25, 0.3) is 0 Å². The lowest BCUT2D eigenvalue weighted by molar-refractivity contribution is -0.147. The molecule has 1 unspecified atom stereocenters. The Balaban J connectivity index is 3.65. The van der Waals surface area contributed by atoms with Crippen molar-refractivity contribution in [3.8, 4) is 0 Å². The summed E-state index contributed by atoms with van der Waals surface area (Å²) in [4.78, 5) is 11.0. The topological polar surface area (TPSA) is 26.3 Å². The molecule has 3 heteroatoms. The zero-order valence-corrected chi connectivity index (χ0v) is 7.98. The monoisotopic (exact) mass is 208 g/mol. The number of hydrogen-bond acceptors (Lipinski definition) is 2. The van der Waals surface area contributed by atoms with Crippen molar-refractivity contribution >= 4 is 21.9 Å². The van der Waals surface area contributed by atoms with Crippen molar-refractivity contribution in [2.24, 2.45) is 5.92 Å². The number of rotatable bonds is 4. The summed E-state index contributed by atoms with van der Waals surface area (Å²) < 4.78 is 4.82. The van der Waals surface area contributed by atoms with E-state index in [1.54, 1.807) is 0 Å². The third-order valence-electron chi connectivity index (χ3n) is 1.30. The molecule has 0 rings (SSSR count). The first kappa shape index (κ1) is 9.95. The summed E-state index contributed by atoms with van der Waals surface area (Å²) >= 11 is 3.25. The molecule has 0 N–H and O–H groups in total. The second-order valence-electron chi connectivity index (χ2n) is 2.01. The highest BCUT2D eigenvalue weighted by molar-refractivity contribution is 9.09. The second-order valence-corrected chi connectivity index (χ2v) is 2.66. The molecule has 2 nitrogen and oxygen atoms in total. The van der Waals surface area contributed by atoms with Crippen molar-refractivity contribution in [1.29, 1.82) is 0 Å². The fraction of sp³-hybridized carbons (Fsp3) is 0.857. The predicted molar refractivity (Wildman–Crippen MR) is 44.2 cm³/mol. The van der Waals surface area contributed by atoms with E-state index >= 15 is 0 Å². The first-order valence-corrected chi connectivity index (χ1v) is 4.61. The first-order chi connectivity index (χ1) is 4.76. The van der Waals surface area contributed by atoms with E-state index in [1.165, 1.54) is 0 Å². The molecule has 0 radical (unpaired) electrons. The van der Waals surface area contributed by atoms with Crippen LogP contribution in [0.1, 0.15) is 20.3 Å². The Kier molecular flexibility index (Phi) is 5.69. The van der Waals surface area contributed by atoms with E-state index in [0.29, 0.717) is 11.9 Å². The van der Waals surface area contributed by atoms with Crippen molar-refractivity contribution in [3.63, 3.8) is 0 Å². The van der Waals surface area contributed by atoms with Crippen molar-refractivity contribution in [2.45, 2.75) is 20.3 Å². The summed E-state index contributed by atoms with van der Waals surface area (Å²) in [7, 11) is 0. The number of halogens is 1. The molecular formula is C7H13BrO2. The van der Waals surface area contributed by atoms with Gasteiger partial charge in [0.05, 0.1) is 12.5 Å². The number of carbonyl (C=O) groups excluding carboxylic acids is 1. The summed E-state index contributed by atoms with van der Waals surface area (Å²) in [5.74, 6) is -0.0678. The Morgan fingerprint density at radius 2 is 2.20 bits per heavy atom. The lowest BCUT2D eigenvalue weighted by Gasteiger charge is -2.08. The average Bonchev–Trinajstić information content (AvgIpc) is 1.91. The molecule has 1 atom stereocenters. The van der Waals surface area contributed by atoms with Gasteiger partial charge in [0, 0.05) is 5.33 Å². The van der Waals surface area contributed by atoms with Crippen LogP contribution in [-0.2, 0) is 9.53 Å². The number of alkyl halides is 1. The van der Waals surface area contributed by atoms with E-state index in [0.717, 1.165) is 6.42 Å². The zero-order valence-electron chi connectivity index (χ0n) is 6.39. The van der Waals surface area contributed by atoms with Gasteiger partial charge in [0.1, 0.15) is 0 Å². The molecular weight excluding hydrogens is 196 g/mol. The minimum absolute atomic E-state index is 0.0277. The van der Waals surface area contributed by atoms with Crippen LogP contribution in [0.15, 0.2) is 0 Å². The lowest BCUT2D eigenvalue weighted by Crippen LogP contribution is -2.17. The minimum Gasteiger partial charge on any atom is -0.466 e. The van der Waals surface area contributed by atoms with Crippen LogP contribution in [0.5, 0.6) is 0 Å². The predicted octanol–water partition coefficient (Wildman–Crippen LogP) is 1.97. The van der Waals surface area contributed by atoms with Crippen LogP contribution in [0.2, 0.25) is 0 Å². The van der Waals surface area contributed by atoms with Gasteiger partial charge >= 0.3 is 5.97 Å². The van der Waals surface area contributed by atoms with Gasteiger partial charge in [0.2, 0.25) is 0 Å². The van der Waals surface area contributed by atoms with Gasteiger partial charge in [-0.3, -0.25) is 4.79 Å². The Morgan fingerprint density at radius 3 is 2.50 bits per heavy atom. The van der Waals surface area contributed by atoms with Gasteiger partial charge < -0.3 is 4.74 Å². The van der Waals surface area contributed by atoms with E-state index in [2.05, 4.69) is 15.9 Å². The zero-order chi connectivity index (χ0) is 7.98. The van der Waals surface area contributed by atoms with Crippen LogP contribution in [0.3, 0.4) is 0 Å². The summed E-state index contributed by atoms with van der Waals surface area (Å²) in [6.45, 7) is 4.27. The minimum atomic E-state index is -0.0955. The van der Waals surface area contributed by atoms with Gasteiger partial charge in [0.25, 0.3) is 0 Å². The lowest BCUT2D eigenvalue weighted by atomic mass is 10.1. The molecule has 0 aromatic rings. The molecule has 0 aliphatic rings. The number of hydrogen-bond donors (Lipinski definition) is 0. The molecule has 0 aliphatic carbocycles. The van der Waals surface area contributed by atoms with Gasteiger partial charge in [-0.15, -0.1) is 0 Å². The molecule has 0 aromatic heterocycles.